The van der Waals surface area contributed by atoms with Crippen LogP contribution in [0.3, 0.4) is 0 Å². The van der Waals surface area contributed by atoms with Crippen molar-refractivity contribution >= 4 is 0 Å². The van der Waals surface area contributed by atoms with Crippen molar-refractivity contribution in [1.82, 2.24) is 20.3 Å². The van der Waals surface area contributed by atoms with Crippen molar-refractivity contribution < 1.29 is 8.78 Å². The number of nitrogens with one attached hydrogen (secondary N) is 1. The summed E-state index contributed by atoms with van der Waals surface area (Å²) in [5.74, 6) is -1.05. The van der Waals surface area contributed by atoms with E-state index in [-0.39, 0.29) is 18.0 Å². The Kier molecular flexibility index (Phi) is 4.79. The third-order valence-corrected chi connectivity index (χ3v) is 3.22. The maximum absolute atomic E-state index is 13.8. The summed E-state index contributed by atoms with van der Waals surface area (Å²) >= 11 is 0. The van der Waals surface area contributed by atoms with Crippen molar-refractivity contribution in [3.05, 3.63) is 47.3 Å². The number of hydrogen-bond donors (Lipinski definition) is 1. The zero-order chi connectivity index (χ0) is 14.5. The quantitative estimate of drug-likeness (QED) is 0.883. The topological polar surface area (TPSA) is 42.7 Å². The molecule has 1 aromatic heterocycles. The Balaban J connectivity index is 2.26. The molecule has 2 rings (SSSR count). The van der Waals surface area contributed by atoms with E-state index in [0.29, 0.717) is 0 Å². The summed E-state index contributed by atoms with van der Waals surface area (Å²) in [5.41, 5.74) is 0.892. The van der Waals surface area contributed by atoms with Crippen LogP contribution in [0.2, 0.25) is 0 Å². The van der Waals surface area contributed by atoms with Gasteiger partial charge in [-0.05, 0) is 31.5 Å². The highest BCUT2D eigenvalue weighted by atomic mass is 19.1. The van der Waals surface area contributed by atoms with Crippen molar-refractivity contribution in [2.75, 3.05) is 6.54 Å². The molecule has 6 heteroatoms. The maximum atomic E-state index is 13.8. The van der Waals surface area contributed by atoms with Crippen molar-refractivity contribution in [1.29, 1.82) is 0 Å². The normalized spacial score (nSPS) is 12.6. The molecule has 108 valence electrons. The van der Waals surface area contributed by atoms with Crippen molar-refractivity contribution in [3.63, 3.8) is 0 Å². The summed E-state index contributed by atoms with van der Waals surface area (Å²) in [7, 11) is 1.76. The van der Waals surface area contributed by atoms with Crippen molar-refractivity contribution in [3.8, 4) is 0 Å². The van der Waals surface area contributed by atoms with Gasteiger partial charge in [0, 0.05) is 12.6 Å². The minimum absolute atomic E-state index is 0.0855. The van der Waals surface area contributed by atoms with Gasteiger partial charge in [0.2, 0.25) is 0 Å². The van der Waals surface area contributed by atoms with Crippen LogP contribution < -0.4 is 5.32 Å². The molecule has 1 heterocycles. The number of benzene rings is 1. The second-order valence-electron chi connectivity index (χ2n) is 4.69. The van der Waals surface area contributed by atoms with E-state index >= 15 is 0 Å². The Morgan fingerprint density at radius 3 is 2.55 bits per heavy atom. The lowest BCUT2D eigenvalue weighted by Gasteiger charge is -2.19. The monoisotopic (exact) mass is 280 g/mol. The highest BCUT2D eigenvalue weighted by molar-refractivity contribution is 5.22. The fourth-order valence-corrected chi connectivity index (χ4v) is 2.14. The van der Waals surface area contributed by atoms with Crippen LogP contribution in [0.15, 0.2) is 24.4 Å². The average molecular weight is 280 g/mol. The van der Waals surface area contributed by atoms with Crippen molar-refractivity contribution in [2.24, 2.45) is 7.05 Å². The number of halogens is 2. The molecule has 20 heavy (non-hydrogen) atoms. The molecule has 0 saturated heterocycles. The predicted molar refractivity (Wildman–Crippen MR) is 72.1 cm³/mol. The van der Waals surface area contributed by atoms with Gasteiger partial charge in [0.15, 0.2) is 0 Å². The molecule has 1 N–H and O–H groups in total. The number of aryl methyl sites for hydroxylation is 1. The van der Waals surface area contributed by atoms with E-state index in [1.807, 2.05) is 6.92 Å². The summed E-state index contributed by atoms with van der Waals surface area (Å²) in [6.07, 6.45) is 2.77. The molecule has 1 unspecified atom stereocenters. The second kappa shape index (κ2) is 6.56. The first-order valence-electron chi connectivity index (χ1n) is 6.64. The third kappa shape index (κ3) is 3.19. The lowest BCUT2D eigenvalue weighted by molar-refractivity contribution is 0.466. The van der Waals surface area contributed by atoms with Crippen LogP contribution in [-0.2, 0) is 13.5 Å². The summed E-state index contributed by atoms with van der Waals surface area (Å²) in [6, 6.07) is 3.70. The van der Waals surface area contributed by atoms with E-state index in [1.165, 1.54) is 18.2 Å². The first-order valence-corrected chi connectivity index (χ1v) is 6.64. The summed E-state index contributed by atoms with van der Waals surface area (Å²) < 4.78 is 29.2. The minimum Gasteiger partial charge on any atom is -0.308 e. The molecule has 0 aliphatic rings. The summed E-state index contributed by atoms with van der Waals surface area (Å²) in [6.45, 7) is 2.79. The van der Waals surface area contributed by atoms with E-state index in [0.717, 1.165) is 18.7 Å². The van der Waals surface area contributed by atoms with Gasteiger partial charge in [-0.25, -0.2) is 8.78 Å². The highest BCUT2D eigenvalue weighted by Crippen LogP contribution is 2.21. The SMILES string of the molecule is CCCNC(Cc1c(F)cccc1F)c1cnnn1C. The number of nitrogens with zero attached hydrogens (tertiary/aromatic N) is 3. The molecule has 1 aromatic carbocycles. The average Bonchev–Trinajstić information content (AvgIpc) is 2.84. The van der Waals surface area contributed by atoms with Gasteiger partial charge in [0.25, 0.3) is 0 Å². The van der Waals surface area contributed by atoms with E-state index in [9.17, 15) is 8.78 Å². The minimum atomic E-state index is -0.525. The van der Waals surface area contributed by atoms with Crippen LogP contribution in [0.1, 0.15) is 30.6 Å². The largest absolute Gasteiger partial charge is 0.308 e. The molecular weight excluding hydrogens is 262 g/mol. The van der Waals surface area contributed by atoms with Crippen LogP contribution in [0.5, 0.6) is 0 Å². The second-order valence-corrected chi connectivity index (χ2v) is 4.69. The fraction of sp³-hybridized carbons (Fsp3) is 0.429. The lowest BCUT2D eigenvalue weighted by atomic mass is 10.0. The first-order chi connectivity index (χ1) is 9.63. The van der Waals surface area contributed by atoms with Gasteiger partial charge in [-0.15, -0.1) is 5.10 Å². The standard InChI is InChI=1S/C14H18F2N4/c1-3-7-17-13(14-9-18-19-20(14)2)8-10-11(15)5-4-6-12(10)16/h4-6,9,13,17H,3,7-8H2,1-2H3. The molecule has 0 spiro atoms. The first kappa shape index (κ1) is 14.6. The molecule has 1 atom stereocenters. The van der Waals surface area contributed by atoms with Gasteiger partial charge in [0.1, 0.15) is 11.6 Å². The molecule has 0 saturated carbocycles. The van der Waals surface area contributed by atoms with E-state index in [4.69, 9.17) is 0 Å². The zero-order valence-electron chi connectivity index (χ0n) is 11.6. The smallest absolute Gasteiger partial charge is 0.129 e. The number of hydrogen-bond acceptors (Lipinski definition) is 3. The van der Waals surface area contributed by atoms with Crippen LogP contribution in [0, 0.1) is 11.6 Å². The van der Waals surface area contributed by atoms with Crippen LogP contribution >= 0.6 is 0 Å². The summed E-state index contributed by atoms with van der Waals surface area (Å²) in [5, 5.41) is 11.0. The maximum Gasteiger partial charge on any atom is 0.129 e. The lowest BCUT2D eigenvalue weighted by Crippen LogP contribution is -2.26. The van der Waals surface area contributed by atoms with Gasteiger partial charge < -0.3 is 5.32 Å². The predicted octanol–water partition coefficient (Wildman–Crippen LogP) is 2.38. The number of rotatable bonds is 6. The Morgan fingerprint density at radius 1 is 1.30 bits per heavy atom. The Bertz CT molecular complexity index is 548. The van der Waals surface area contributed by atoms with Gasteiger partial charge in [-0.1, -0.05) is 18.2 Å². The molecule has 2 aromatic rings. The van der Waals surface area contributed by atoms with Crippen LogP contribution in [0.4, 0.5) is 8.78 Å². The molecule has 0 radical (unpaired) electrons. The molecule has 4 nitrogen and oxygen atoms in total. The Morgan fingerprint density at radius 2 is 2.00 bits per heavy atom. The Hall–Kier alpha value is -1.82. The van der Waals surface area contributed by atoms with Crippen LogP contribution in [0.25, 0.3) is 0 Å². The van der Waals surface area contributed by atoms with Gasteiger partial charge >= 0.3 is 0 Å². The van der Waals surface area contributed by atoms with E-state index in [1.54, 1.807) is 17.9 Å². The van der Waals surface area contributed by atoms with Gasteiger partial charge in [-0.3, -0.25) is 4.68 Å². The molecule has 0 aliphatic heterocycles. The summed E-state index contributed by atoms with van der Waals surface area (Å²) in [4.78, 5) is 0. The molecule has 0 bridgehead atoms. The molecular formula is C14H18F2N4. The van der Waals surface area contributed by atoms with Crippen molar-refractivity contribution in [2.45, 2.75) is 25.8 Å². The zero-order valence-corrected chi connectivity index (χ0v) is 11.6. The number of aromatic nitrogens is 3. The van der Waals surface area contributed by atoms with Gasteiger partial charge in [0.05, 0.1) is 17.9 Å². The third-order valence-electron chi connectivity index (χ3n) is 3.22. The molecule has 0 aliphatic carbocycles. The highest BCUT2D eigenvalue weighted by Gasteiger charge is 2.19. The molecule has 0 fully saturated rings. The Labute approximate surface area is 116 Å². The van der Waals surface area contributed by atoms with E-state index in [2.05, 4.69) is 15.6 Å². The van der Waals surface area contributed by atoms with Crippen LogP contribution in [-0.4, -0.2) is 21.5 Å². The fourth-order valence-electron chi connectivity index (χ4n) is 2.14. The van der Waals surface area contributed by atoms with Gasteiger partial charge in [-0.2, -0.15) is 0 Å². The molecule has 0 amide bonds. The van der Waals surface area contributed by atoms with E-state index < -0.39 is 11.6 Å².